The van der Waals surface area contributed by atoms with E-state index < -0.39 is 0 Å². The smallest absolute Gasteiger partial charge is 0.338 e. The molecule has 2 N–H and O–H groups in total. The molecule has 0 atom stereocenters. The molecule has 0 saturated carbocycles. The van der Waals surface area contributed by atoms with Gasteiger partial charge in [-0.2, -0.15) is 0 Å². The molecule has 4 nitrogen and oxygen atoms in total. The Morgan fingerprint density at radius 3 is 2.87 bits per heavy atom. The Bertz CT molecular complexity index is 385. The van der Waals surface area contributed by atoms with E-state index >= 15 is 0 Å². The largest absolute Gasteiger partial charge is 0.454 e. The number of hydrogen-bond acceptors (Lipinski definition) is 4. The molecule has 0 aromatic heterocycles. The lowest BCUT2D eigenvalue weighted by Crippen LogP contribution is -2.37. The molecular weight excluding hydrogens is 194 g/mol. The van der Waals surface area contributed by atoms with E-state index in [2.05, 4.69) is 0 Å². The van der Waals surface area contributed by atoms with E-state index in [9.17, 15) is 4.79 Å². The van der Waals surface area contributed by atoms with Gasteiger partial charge in [-0.3, -0.25) is 0 Å². The fraction of sp³-hybridized carbons (Fsp3) is 0.364. The molecule has 80 valence electrons. The van der Waals surface area contributed by atoms with Gasteiger partial charge in [0.05, 0.1) is 18.8 Å². The zero-order valence-electron chi connectivity index (χ0n) is 8.53. The highest BCUT2D eigenvalue weighted by Crippen LogP contribution is 2.18. The number of rotatable bonds is 2. The number of nitrogen functional groups attached to an aromatic ring is 1. The highest BCUT2D eigenvalue weighted by molar-refractivity contribution is 5.92. The Labute approximate surface area is 88.0 Å². The minimum atomic E-state index is -0.326. The molecule has 4 heteroatoms. The minimum absolute atomic E-state index is 0.0988. The maximum Gasteiger partial charge on any atom is 0.338 e. The van der Waals surface area contributed by atoms with Crippen LogP contribution in [0.2, 0.25) is 0 Å². The number of benzene rings is 1. The molecule has 1 aromatic carbocycles. The molecule has 1 aliphatic rings. The lowest BCUT2D eigenvalue weighted by Gasteiger charge is -2.25. The molecule has 15 heavy (non-hydrogen) atoms. The topological polar surface area (TPSA) is 61.6 Å². The third kappa shape index (κ3) is 1.94. The average molecular weight is 207 g/mol. The van der Waals surface area contributed by atoms with Crippen LogP contribution in [-0.2, 0) is 9.47 Å². The Morgan fingerprint density at radius 1 is 1.53 bits per heavy atom. The number of anilines is 1. The van der Waals surface area contributed by atoms with E-state index in [0.717, 1.165) is 5.56 Å². The van der Waals surface area contributed by atoms with E-state index in [0.29, 0.717) is 24.5 Å². The van der Waals surface area contributed by atoms with Gasteiger partial charge in [0.25, 0.3) is 0 Å². The zero-order valence-corrected chi connectivity index (χ0v) is 8.53. The third-order valence-electron chi connectivity index (χ3n) is 2.48. The SMILES string of the molecule is Cc1c(N)cccc1C(=O)OC1COC1. The molecule has 0 bridgehead atoms. The van der Waals surface area contributed by atoms with Crippen LogP contribution in [0.5, 0.6) is 0 Å². The van der Waals surface area contributed by atoms with Crippen molar-refractivity contribution in [2.45, 2.75) is 13.0 Å². The number of esters is 1. The molecule has 1 aromatic rings. The summed E-state index contributed by atoms with van der Waals surface area (Å²) in [5.74, 6) is -0.326. The summed E-state index contributed by atoms with van der Waals surface area (Å²) in [6.07, 6.45) is -0.0988. The van der Waals surface area contributed by atoms with Crippen molar-refractivity contribution in [2.75, 3.05) is 18.9 Å². The fourth-order valence-electron chi connectivity index (χ4n) is 1.37. The zero-order chi connectivity index (χ0) is 10.8. The number of carbonyl (C=O) groups is 1. The van der Waals surface area contributed by atoms with Crippen LogP contribution < -0.4 is 5.73 Å². The number of ether oxygens (including phenoxy) is 2. The fourth-order valence-corrected chi connectivity index (χ4v) is 1.37. The van der Waals surface area contributed by atoms with Crippen LogP contribution in [-0.4, -0.2) is 25.3 Å². The van der Waals surface area contributed by atoms with E-state index in [1.807, 2.05) is 6.92 Å². The molecule has 1 fully saturated rings. The Kier molecular flexibility index (Phi) is 2.60. The maximum atomic E-state index is 11.7. The summed E-state index contributed by atoms with van der Waals surface area (Å²) in [6.45, 7) is 2.80. The van der Waals surface area contributed by atoms with Gasteiger partial charge < -0.3 is 15.2 Å². The first-order valence-electron chi connectivity index (χ1n) is 4.82. The van der Waals surface area contributed by atoms with Crippen molar-refractivity contribution >= 4 is 11.7 Å². The summed E-state index contributed by atoms with van der Waals surface area (Å²) < 4.78 is 10.1. The van der Waals surface area contributed by atoms with Gasteiger partial charge in [-0.05, 0) is 24.6 Å². The van der Waals surface area contributed by atoms with Crippen molar-refractivity contribution < 1.29 is 14.3 Å². The molecule has 1 heterocycles. The van der Waals surface area contributed by atoms with Crippen molar-refractivity contribution in [3.8, 4) is 0 Å². The van der Waals surface area contributed by atoms with E-state index in [1.54, 1.807) is 18.2 Å². The monoisotopic (exact) mass is 207 g/mol. The Balaban J connectivity index is 2.13. The van der Waals surface area contributed by atoms with Crippen molar-refractivity contribution in [3.05, 3.63) is 29.3 Å². The minimum Gasteiger partial charge on any atom is -0.454 e. The predicted molar refractivity (Wildman–Crippen MR) is 55.6 cm³/mol. The molecule has 0 aliphatic carbocycles. The van der Waals surface area contributed by atoms with Crippen molar-refractivity contribution in [1.29, 1.82) is 0 Å². The van der Waals surface area contributed by atoms with E-state index in [4.69, 9.17) is 15.2 Å². The van der Waals surface area contributed by atoms with Gasteiger partial charge in [0, 0.05) is 5.69 Å². The van der Waals surface area contributed by atoms with Crippen LogP contribution in [0.25, 0.3) is 0 Å². The Hall–Kier alpha value is -1.55. The molecule has 0 spiro atoms. The first-order valence-corrected chi connectivity index (χ1v) is 4.82. The quantitative estimate of drug-likeness (QED) is 0.583. The summed E-state index contributed by atoms with van der Waals surface area (Å²) in [7, 11) is 0. The van der Waals surface area contributed by atoms with Gasteiger partial charge >= 0.3 is 5.97 Å². The number of carbonyl (C=O) groups excluding carboxylic acids is 1. The summed E-state index contributed by atoms with van der Waals surface area (Å²) in [5, 5.41) is 0. The average Bonchev–Trinajstić information content (AvgIpc) is 2.15. The molecule has 1 aliphatic heterocycles. The highest BCUT2D eigenvalue weighted by atomic mass is 16.6. The predicted octanol–water partition coefficient (Wildman–Crippen LogP) is 1.13. The lowest BCUT2D eigenvalue weighted by atomic mass is 10.1. The van der Waals surface area contributed by atoms with E-state index in [1.165, 1.54) is 0 Å². The lowest BCUT2D eigenvalue weighted by molar-refractivity contribution is -0.103. The van der Waals surface area contributed by atoms with Crippen LogP contribution >= 0.6 is 0 Å². The van der Waals surface area contributed by atoms with Crippen LogP contribution in [0.4, 0.5) is 5.69 Å². The highest BCUT2D eigenvalue weighted by Gasteiger charge is 2.24. The molecule has 0 amide bonds. The molecule has 0 unspecified atom stereocenters. The van der Waals surface area contributed by atoms with Gasteiger partial charge in [0.1, 0.15) is 6.10 Å². The van der Waals surface area contributed by atoms with E-state index in [-0.39, 0.29) is 12.1 Å². The normalized spacial score (nSPS) is 15.8. The Morgan fingerprint density at radius 2 is 2.27 bits per heavy atom. The van der Waals surface area contributed by atoms with Gasteiger partial charge in [-0.25, -0.2) is 4.79 Å². The second-order valence-corrected chi connectivity index (χ2v) is 3.58. The summed E-state index contributed by atoms with van der Waals surface area (Å²) in [6, 6.07) is 5.22. The first kappa shape index (κ1) is 9.98. The second-order valence-electron chi connectivity index (χ2n) is 3.58. The summed E-state index contributed by atoms with van der Waals surface area (Å²) >= 11 is 0. The molecular formula is C11H13NO3. The third-order valence-corrected chi connectivity index (χ3v) is 2.48. The van der Waals surface area contributed by atoms with Crippen LogP contribution in [0, 0.1) is 6.92 Å². The van der Waals surface area contributed by atoms with Crippen molar-refractivity contribution in [1.82, 2.24) is 0 Å². The molecule has 0 radical (unpaired) electrons. The molecule has 1 saturated heterocycles. The molecule has 2 rings (SSSR count). The standard InChI is InChI=1S/C11H13NO3/c1-7-9(3-2-4-10(7)12)11(13)15-8-5-14-6-8/h2-4,8H,5-6,12H2,1H3. The van der Waals surface area contributed by atoms with Gasteiger partial charge in [0.2, 0.25) is 0 Å². The van der Waals surface area contributed by atoms with Crippen molar-refractivity contribution in [3.63, 3.8) is 0 Å². The number of hydrogen-bond donors (Lipinski definition) is 1. The van der Waals surface area contributed by atoms with Crippen LogP contribution in [0.3, 0.4) is 0 Å². The van der Waals surface area contributed by atoms with Gasteiger partial charge in [-0.1, -0.05) is 6.07 Å². The van der Waals surface area contributed by atoms with Crippen LogP contribution in [0.15, 0.2) is 18.2 Å². The van der Waals surface area contributed by atoms with Crippen molar-refractivity contribution in [2.24, 2.45) is 0 Å². The summed E-state index contributed by atoms with van der Waals surface area (Å²) in [5.41, 5.74) is 7.61. The maximum absolute atomic E-state index is 11.7. The van der Waals surface area contributed by atoms with Crippen LogP contribution in [0.1, 0.15) is 15.9 Å². The second kappa shape index (κ2) is 3.90. The van der Waals surface area contributed by atoms with Gasteiger partial charge in [-0.15, -0.1) is 0 Å². The number of nitrogens with two attached hydrogens (primary N) is 1. The summed E-state index contributed by atoms with van der Waals surface area (Å²) in [4.78, 5) is 11.7. The van der Waals surface area contributed by atoms with Gasteiger partial charge in [0.15, 0.2) is 0 Å². The first-order chi connectivity index (χ1) is 7.18.